The second kappa shape index (κ2) is 13.9. The lowest BCUT2D eigenvalue weighted by Gasteiger charge is -2.24. The highest BCUT2D eigenvalue weighted by atomic mass is 16.5. The number of ether oxygens (including phenoxy) is 2. The van der Waals surface area contributed by atoms with Crippen LogP contribution >= 0.6 is 0 Å². The Morgan fingerprint density at radius 3 is 2.32 bits per heavy atom. The minimum Gasteiger partial charge on any atom is -0.494 e. The number of rotatable bonds is 13. The van der Waals surface area contributed by atoms with Gasteiger partial charge in [0.05, 0.1) is 30.7 Å². The molecule has 0 spiro atoms. The number of carbonyl (C=O) groups excluding carboxylic acids is 3. The van der Waals surface area contributed by atoms with E-state index in [0.717, 1.165) is 5.56 Å². The van der Waals surface area contributed by atoms with Gasteiger partial charge < -0.3 is 30.1 Å². The second-order valence-electron chi connectivity index (χ2n) is 9.54. The van der Waals surface area contributed by atoms with Gasteiger partial charge in [-0.2, -0.15) is 0 Å². The molecule has 11 nitrogen and oxygen atoms in total. The van der Waals surface area contributed by atoms with Crippen molar-refractivity contribution in [3.8, 4) is 11.5 Å². The van der Waals surface area contributed by atoms with Crippen LogP contribution in [-0.4, -0.2) is 65.5 Å². The van der Waals surface area contributed by atoms with Gasteiger partial charge in [0.25, 0.3) is 0 Å². The maximum absolute atomic E-state index is 12.8. The third-order valence-electron chi connectivity index (χ3n) is 6.68. The summed E-state index contributed by atoms with van der Waals surface area (Å²) in [5.74, 6) is -0.738. The van der Waals surface area contributed by atoms with Crippen LogP contribution in [0.1, 0.15) is 41.2 Å². The highest BCUT2D eigenvalue weighted by Crippen LogP contribution is 2.36. The lowest BCUT2D eigenvalue weighted by Crippen LogP contribution is -2.36. The molecule has 11 heteroatoms. The van der Waals surface area contributed by atoms with E-state index in [4.69, 9.17) is 14.6 Å². The van der Waals surface area contributed by atoms with Crippen molar-refractivity contribution < 1.29 is 33.8 Å². The van der Waals surface area contributed by atoms with Gasteiger partial charge in [-0.1, -0.05) is 6.07 Å². The Kier molecular flexibility index (Phi) is 9.87. The van der Waals surface area contributed by atoms with Crippen LogP contribution in [0, 0.1) is 5.92 Å². The summed E-state index contributed by atoms with van der Waals surface area (Å²) in [6.07, 6.45) is 4.24. The molecule has 1 aliphatic rings. The molecule has 214 valence electrons. The molecule has 3 amide bonds. The fraction of sp³-hybridized carbons (Fsp3) is 0.300. The molecule has 1 saturated heterocycles. The molecule has 0 bridgehead atoms. The van der Waals surface area contributed by atoms with Crippen molar-refractivity contribution >= 4 is 29.4 Å². The first kappa shape index (κ1) is 29.1. The maximum Gasteiger partial charge on any atom is 0.335 e. The number of pyridine rings is 1. The molecule has 1 aliphatic heterocycles. The van der Waals surface area contributed by atoms with Gasteiger partial charge in [0.1, 0.15) is 18.1 Å². The van der Waals surface area contributed by atoms with Crippen molar-refractivity contribution in [3.05, 3.63) is 84.2 Å². The number of amides is 3. The van der Waals surface area contributed by atoms with E-state index in [0.29, 0.717) is 30.2 Å². The molecule has 1 fully saturated rings. The largest absolute Gasteiger partial charge is 0.494 e. The van der Waals surface area contributed by atoms with Gasteiger partial charge in [0.15, 0.2) is 0 Å². The average Bonchev–Trinajstić information content (AvgIpc) is 3.28. The predicted molar refractivity (Wildman–Crippen MR) is 150 cm³/mol. The standard InChI is InChI=1S/C30H32N4O7/c1-34-27(36)18-25(28(34)21-4-2-14-31-19-21)29(37)32-15-17-41-24-12-10-23(11-13-24)40-16-3-5-26(35)33-22-8-6-20(7-9-22)30(38)39/h2,4,6-14,19,25,28H,3,5,15-18H2,1H3,(H,32,37)(H,33,35)(H,38,39)/t25-,28+/m0/s1. The highest BCUT2D eigenvalue weighted by molar-refractivity contribution is 5.92. The summed E-state index contributed by atoms with van der Waals surface area (Å²) in [5.41, 5.74) is 1.51. The number of benzene rings is 2. The van der Waals surface area contributed by atoms with Crippen molar-refractivity contribution in [2.24, 2.45) is 5.92 Å². The Hall–Kier alpha value is -4.93. The van der Waals surface area contributed by atoms with E-state index < -0.39 is 11.9 Å². The van der Waals surface area contributed by atoms with Gasteiger partial charge in [-0.25, -0.2) is 4.79 Å². The lowest BCUT2D eigenvalue weighted by molar-refractivity contribution is -0.128. The summed E-state index contributed by atoms with van der Waals surface area (Å²) in [5, 5.41) is 14.5. The Labute approximate surface area is 237 Å². The van der Waals surface area contributed by atoms with Gasteiger partial charge in [0, 0.05) is 38.0 Å². The molecular weight excluding hydrogens is 528 g/mol. The Balaban J connectivity index is 1.13. The molecule has 0 aliphatic carbocycles. The third kappa shape index (κ3) is 8.04. The number of nitrogens with one attached hydrogen (secondary N) is 2. The van der Waals surface area contributed by atoms with Gasteiger partial charge >= 0.3 is 5.97 Å². The van der Waals surface area contributed by atoms with Crippen LogP contribution in [0.15, 0.2) is 73.1 Å². The molecule has 0 saturated carbocycles. The van der Waals surface area contributed by atoms with Gasteiger partial charge in [-0.3, -0.25) is 19.4 Å². The fourth-order valence-corrected chi connectivity index (χ4v) is 4.56. The molecule has 3 aromatic rings. The van der Waals surface area contributed by atoms with Crippen LogP contribution in [0.2, 0.25) is 0 Å². The minimum atomic E-state index is -1.02. The topological polar surface area (TPSA) is 147 Å². The zero-order valence-corrected chi connectivity index (χ0v) is 22.6. The number of hydrogen-bond donors (Lipinski definition) is 3. The van der Waals surface area contributed by atoms with E-state index >= 15 is 0 Å². The second-order valence-corrected chi connectivity index (χ2v) is 9.54. The Morgan fingerprint density at radius 1 is 1.00 bits per heavy atom. The number of carbonyl (C=O) groups is 4. The van der Waals surface area contributed by atoms with Crippen LogP contribution in [0.25, 0.3) is 0 Å². The molecule has 4 rings (SSSR count). The number of anilines is 1. The van der Waals surface area contributed by atoms with Crippen molar-refractivity contribution in [1.82, 2.24) is 15.2 Å². The summed E-state index contributed by atoms with van der Waals surface area (Å²) >= 11 is 0. The van der Waals surface area contributed by atoms with E-state index in [1.165, 1.54) is 12.1 Å². The van der Waals surface area contributed by atoms with Crippen LogP contribution in [0.3, 0.4) is 0 Å². The number of aromatic nitrogens is 1. The fourth-order valence-electron chi connectivity index (χ4n) is 4.56. The van der Waals surface area contributed by atoms with E-state index in [1.807, 2.05) is 6.07 Å². The zero-order chi connectivity index (χ0) is 29.2. The minimum absolute atomic E-state index is 0.0781. The van der Waals surface area contributed by atoms with Crippen LogP contribution in [0.4, 0.5) is 5.69 Å². The number of carboxylic acid groups (broad SMARTS) is 1. The third-order valence-corrected chi connectivity index (χ3v) is 6.68. The zero-order valence-electron chi connectivity index (χ0n) is 22.6. The summed E-state index contributed by atoms with van der Waals surface area (Å²) in [4.78, 5) is 53.8. The normalized spacial score (nSPS) is 16.2. The molecule has 1 aromatic heterocycles. The Morgan fingerprint density at radius 2 is 1.68 bits per heavy atom. The summed E-state index contributed by atoms with van der Waals surface area (Å²) in [7, 11) is 1.70. The summed E-state index contributed by atoms with van der Waals surface area (Å²) in [6, 6.07) is 16.3. The smallest absolute Gasteiger partial charge is 0.335 e. The van der Waals surface area contributed by atoms with Crippen LogP contribution in [0.5, 0.6) is 11.5 Å². The number of carboxylic acids is 1. The van der Waals surface area contributed by atoms with Gasteiger partial charge in [-0.05, 0) is 66.6 Å². The van der Waals surface area contributed by atoms with E-state index in [2.05, 4.69) is 15.6 Å². The molecule has 0 unspecified atom stereocenters. The van der Waals surface area contributed by atoms with Crippen molar-refractivity contribution in [2.75, 3.05) is 32.1 Å². The highest BCUT2D eigenvalue weighted by Gasteiger charge is 2.42. The van der Waals surface area contributed by atoms with Crippen LogP contribution in [-0.2, 0) is 14.4 Å². The van der Waals surface area contributed by atoms with E-state index in [1.54, 1.807) is 66.8 Å². The first-order chi connectivity index (χ1) is 19.8. The SMILES string of the molecule is CN1C(=O)C[C@H](C(=O)NCCOc2ccc(OCCCC(=O)Nc3ccc(C(=O)O)cc3)cc2)[C@H]1c1cccnc1. The van der Waals surface area contributed by atoms with Crippen molar-refractivity contribution in [3.63, 3.8) is 0 Å². The average molecular weight is 561 g/mol. The number of aromatic carboxylic acids is 1. The Bertz CT molecular complexity index is 1350. The van der Waals surface area contributed by atoms with Crippen molar-refractivity contribution in [2.45, 2.75) is 25.3 Å². The molecule has 2 aromatic carbocycles. The van der Waals surface area contributed by atoms with Gasteiger partial charge in [-0.15, -0.1) is 0 Å². The van der Waals surface area contributed by atoms with Crippen LogP contribution < -0.4 is 20.1 Å². The monoisotopic (exact) mass is 560 g/mol. The molecule has 41 heavy (non-hydrogen) atoms. The molecule has 0 radical (unpaired) electrons. The molecule has 3 N–H and O–H groups in total. The number of likely N-dealkylation sites (tertiary alicyclic amines) is 1. The first-order valence-corrected chi connectivity index (χ1v) is 13.2. The van der Waals surface area contributed by atoms with Crippen molar-refractivity contribution in [1.29, 1.82) is 0 Å². The first-order valence-electron chi connectivity index (χ1n) is 13.2. The quantitative estimate of drug-likeness (QED) is 0.270. The van der Waals surface area contributed by atoms with E-state index in [9.17, 15) is 19.2 Å². The lowest BCUT2D eigenvalue weighted by atomic mass is 9.94. The summed E-state index contributed by atoms with van der Waals surface area (Å²) < 4.78 is 11.4. The maximum atomic E-state index is 12.8. The molecular formula is C30H32N4O7. The molecule has 2 atom stereocenters. The number of nitrogens with zero attached hydrogens (tertiary/aromatic N) is 2. The van der Waals surface area contributed by atoms with Gasteiger partial charge in [0.2, 0.25) is 17.7 Å². The predicted octanol–water partition coefficient (Wildman–Crippen LogP) is 3.29. The summed E-state index contributed by atoms with van der Waals surface area (Å²) in [6.45, 7) is 0.891. The number of hydrogen-bond acceptors (Lipinski definition) is 7. The van der Waals surface area contributed by atoms with E-state index in [-0.39, 0.29) is 55.3 Å². The molecule has 2 heterocycles.